The highest BCUT2D eigenvalue weighted by Gasteiger charge is 2.39. The van der Waals surface area contributed by atoms with Crippen LogP contribution >= 0.6 is 0 Å². The molecular weight excluding hydrogens is 244 g/mol. The lowest BCUT2D eigenvalue weighted by atomic mass is 10.1. The van der Waals surface area contributed by atoms with Gasteiger partial charge in [0.25, 0.3) is 5.56 Å². The SMILES string of the molecule is O=C(O)c1ccn(CC2CCC(F)(F)C2)c(=O)c1. The first-order valence-electron chi connectivity index (χ1n) is 5.69. The van der Waals surface area contributed by atoms with Gasteiger partial charge >= 0.3 is 5.97 Å². The van der Waals surface area contributed by atoms with Gasteiger partial charge in [0.05, 0.1) is 5.56 Å². The minimum atomic E-state index is -2.63. The lowest BCUT2D eigenvalue weighted by Crippen LogP contribution is -2.24. The Morgan fingerprint density at radius 2 is 2.28 bits per heavy atom. The molecule has 1 unspecified atom stereocenters. The summed E-state index contributed by atoms with van der Waals surface area (Å²) in [6.07, 6.45) is 1.39. The number of carboxylic acids is 1. The molecule has 0 spiro atoms. The zero-order valence-electron chi connectivity index (χ0n) is 9.60. The van der Waals surface area contributed by atoms with Gasteiger partial charge in [0, 0.05) is 31.6 Å². The number of halogens is 2. The average molecular weight is 257 g/mol. The first-order chi connectivity index (χ1) is 8.37. The molecule has 1 N–H and O–H groups in total. The van der Waals surface area contributed by atoms with Crippen LogP contribution in [0.25, 0.3) is 0 Å². The molecule has 1 fully saturated rings. The summed E-state index contributed by atoms with van der Waals surface area (Å²) in [6, 6.07) is 2.31. The summed E-state index contributed by atoms with van der Waals surface area (Å²) in [4.78, 5) is 22.3. The number of carbonyl (C=O) groups is 1. The summed E-state index contributed by atoms with van der Waals surface area (Å²) in [5.41, 5.74) is -0.557. The molecule has 1 heterocycles. The van der Waals surface area contributed by atoms with E-state index in [0.29, 0.717) is 6.42 Å². The van der Waals surface area contributed by atoms with E-state index >= 15 is 0 Å². The first-order valence-corrected chi connectivity index (χ1v) is 5.69. The van der Waals surface area contributed by atoms with Crippen LogP contribution in [0.2, 0.25) is 0 Å². The number of alkyl halides is 2. The average Bonchev–Trinajstić information content (AvgIpc) is 2.61. The summed E-state index contributed by atoms with van der Waals surface area (Å²) < 4.78 is 27.3. The summed E-state index contributed by atoms with van der Waals surface area (Å²) >= 11 is 0. The molecule has 98 valence electrons. The molecule has 0 saturated heterocycles. The van der Waals surface area contributed by atoms with Gasteiger partial charge in [-0.1, -0.05) is 0 Å². The van der Waals surface area contributed by atoms with E-state index < -0.39 is 17.5 Å². The van der Waals surface area contributed by atoms with E-state index in [1.165, 1.54) is 16.8 Å². The maximum Gasteiger partial charge on any atom is 0.335 e. The maximum atomic E-state index is 13.0. The Hall–Kier alpha value is -1.72. The van der Waals surface area contributed by atoms with E-state index in [-0.39, 0.29) is 30.9 Å². The van der Waals surface area contributed by atoms with Crippen molar-refractivity contribution in [2.75, 3.05) is 0 Å². The predicted octanol–water partition coefficient (Wildman–Crippen LogP) is 1.98. The molecule has 1 aromatic heterocycles. The van der Waals surface area contributed by atoms with Gasteiger partial charge in [-0.3, -0.25) is 4.79 Å². The largest absolute Gasteiger partial charge is 0.478 e. The summed E-state index contributed by atoms with van der Waals surface area (Å²) in [5.74, 6) is -4.03. The van der Waals surface area contributed by atoms with Crippen molar-refractivity contribution in [3.05, 3.63) is 34.2 Å². The monoisotopic (exact) mass is 257 g/mol. The molecule has 0 bridgehead atoms. The zero-order chi connectivity index (χ0) is 13.3. The molecule has 4 nitrogen and oxygen atoms in total. The van der Waals surface area contributed by atoms with E-state index in [4.69, 9.17) is 5.11 Å². The van der Waals surface area contributed by atoms with Crippen molar-refractivity contribution < 1.29 is 18.7 Å². The Kier molecular flexibility index (Phi) is 3.19. The highest BCUT2D eigenvalue weighted by Crippen LogP contribution is 2.39. The number of carboxylic acid groups (broad SMARTS) is 1. The normalized spacial score (nSPS) is 22.0. The van der Waals surface area contributed by atoms with E-state index in [2.05, 4.69) is 0 Å². The number of rotatable bonds is 3. The molecule has 1 saturated carbocycles. The van der Waals surface area contributed by atoms with Crippen molar-refractivity contribution in [3.63, 3.8) is 0 Å². The van der Waals surface area contributed by atoms with Crippen molar-refractivity contribution in [1.29, 1.82) is 0 Å². The lowest BCUT2D eigenvalue weighted by Gasteiger charge is -2.12. The third kappa shape index (κ3) is 2.75. The maximum absolute atomic E-state index is 13.0. The number of aromatic nitrogens is 1. The van der Waals surface area contributed by atoms with Gasteiger partial charge in [0.2, 0.25) is 5.92 Å². The fourth-order valence-electron chi connectivity index (χ4n) is 2.27. The first kappa shape index (κ1) is 12.7. The zero-order valence-corrected chi connectivity index (χ0v) is 9.60. The third-order valence-corrected chi connectivity index (χ3v) is 3.20. The van der Waals surface area contributed by atoms with E-state index in [9.17, 15) is 18.4 Å². The Balaban J connectivity index is 2.11. The summed E-state index contributed by atoms with van der Waals surface area (Å²) in [7, 11) is 0. The molecule has 0 aliphatic heterocycles. The second-order valence-corrected chi connectivity index (χ2v) is 4.68. The Morgan fingerprint density at radius 1 is 1.56 bits per heavy atom. The highest BCUT2D eigenvalue weighted by atomic mass is 19.3. The van der Waals surface area contributed by atoms with Crippen molar-refractivity contribution in [2.45, 2.75) is 31.7 Å². The van der Waals surface area contributed by atoms with Crippen LogP contribution in [0.5, 0.6) is 0 Å². The molecule has 18 heavy (non-hydrogen) atoms. The van der Waals surface area contributed by atoms with Gasteiger partial charge in [0.15, 0.2) is 0 Å². The van der Waals surface area contributed by atoms with E-state index in [0.717, 1.165) is 6.07 Å². The fraction of sp³-hybridized carbons (Fsp3) is 0.500. The minimum Gasteiger partial charge on any atom is -0.478 e. The highest BCUT2D eigenvalue weighted by molar-refractivity contribution is 5.87. The molecule has 0 radical (unpaired) electrons. The van der Waals surface area contributed by atoms with Crippen LogP contribution in [-0.2, 0) is 6.54 Å². The van der Waals surface area contributed by atoms with Crippen LogP contribution < -0.4 is 5.56 Å². The van der Waals surface area contributed by atoms with Crippen LogP contribution in [0, 0.1) is 5.92 Å². The molecule has 1 aliphatic carbocycles. The van der Waals surface area contributed by atoms with Gasteiger partial charge in [-0.2, -0.15) is 0 Å². The van der Waals surface area contributed by atoms with Gasteiger partial charge < -0.3 is 9.67 Å². The van der Waals surface area contributed by atoms with Crippen molar-refractivity contribution in [1.82, 2.24) is 4.57 Å². The second kappa shape index (κ2) is 4.51. The van der Waals surface area contributed by atoms with Gasteiger partial charge in [-0.05, 0) is 18.4 Å². The van der Waals surface area contributed by atoms with E-state index in [1.807, 2.05) is 0 Å². The van der Waals surface area contributed by atoms with E-state index in [1.54, 1.807) is 0 Å². The van der Waals surface area contributed by atoms with Crippen LogP contribution in [0.4, 0.5) is 8.78 Å². The smallest absolute Gasteiger partial charge is 0.335 e. The van der Waals surface area contributed by atoms with Crippen LogP contribution in [0.3, 0.4) is 0 Å². The Bertz CT molecular complexity index is 524. The van der Waals surface area contributed by atoms with Crippen LogP contribution in [0.15, 0.2) is 23.1 Å². The van der Waals surface area contributed by atoms with Crippen LogP contribution in [-0.4, -0.2) is 21.6 Å². The summed E-state index contributed by atoms with van der Waals surface area (Å²) in [6.45, 7) is 0.217. The van der Waals surface area contributed by atoms with Gasteiger partial charge in [-0.25, -0.2) is 13.6 Å². The van der Waals surface area contributed by atoms with Gasteiger partial charge in [-0.15, -0.1) is 0 Å². The number of hydrogen-bond acceptors (Lipinski definition) is 2. The molecule has 1 aromatic rings. The molecular formula is C12H13F2NO3. The molecule has 1 atom stereocenters. The molecule has 0 aromatic carbocycles. The van der Waals surface area contributed by atoms with Crippen molar-refractivity contribution in [3.8, 4) is 0 Å². The standard InChI is InChI=1S/C12H13F2NO3/c13-12(14)3-1-8(6-12)7-15-4-2-9(11(17)18)5-10(15)16/h2,4-5,8H,1,3,6-7H2,(H,17,18). The second-order valence-electron chi connectivity index (χ2n) is 4.68. The van der Waals surface area contributed by atoms with Gasteiger partial charge in [0.1, 0.15) is 0 Å². The third-order valence-electron chi connectivity index (χ3n) is 3.20. The topological polar surface area (TPSA) is 59.3 Å². The summed E-state index contributed by atoms with van der Waals surface area (Å²) in [5, 5.41) is 8.71. The molecule has 1 aliphatic rings. The van der Waals surface area contributed by atoms with Crippen molar-refractivity contribution >= 4 is 5.97 Å². The fourth-order valence-corrected chi connectivity index (χ4v) is 2.27. The predicted molar refractivity (Wildman–Crippen MR) is 59.9 cm³/mol. The Morgan fingerprint density at radius 3 is 2.78 bits per heavy atom. The molecule has 2 rings (SSSR count). The lowest BCUT2D eigenvalue weighted by molar-refractivity contribution is 0.00431. The van der Waals surface area contributed by atoms with Crippen LogP contribution in [0.1, 0.15) is 29.6 Å². The minimum absolute atomic E-state index is 0.0898. The number of aromatic carboxylic acids is 1. The number of nitrogens with zero attached hydrogens (tertiary/aromatic N) is 1. The quantitative estimate of drug-likeness (QED) is 0.900. The molecule has 0 amide bonds. The number of pyridine rings is 1. The number of hydrogen-bond donors (Lipinski definition) is 1. The molecule has 6 heteroatoms. The van der Waals surface area contributed by atoms with Crippen molar-refractivity contribution in [2.24, 2.45) is 5.92 Å². The Labute approximate surface area is 102 Å².